The number of aliphatic hydroxyl groups excluding tert-OH is 1. The van der Waals surface area contributed by atoms with Gasteiger partial charge in [-0.3, -0.25) is 0 Å². The first-order chi connectivity index (χ1) is 15.7. The van der Waals surface area contributed by atoms with Crippen molar-refractivity contribution in [1.29, 1.82) is 0 Å². The number of nitrogens with two attached hydrogens (primary N) is 2. The van der Waals surface area contributed by atoms with Crippen LogP contribution in [0.2, 0.25) is 0 Å². The van der Waals surface area contributed by atoms with E-state index in [2.05, 4.69) is 45.0 Å². The minimum atomic E-state index is -0.180. The van der Waals surface area contributed by atoms with Crippen LogP contribution in [0.1, 0.15) is 50.3 Å². The van der Waals surface area contributed by atoms with Crippen LogP contribution in [0.15, 0.2) is 53.9 Å². The molecule has 0 amide bonds. The lowest BCUT2D eigenvalue weighted by atomic mass is 9.77. The van der Waals surface area contributed by atoms with E-state index in [1.165, 1.54) is 16.1 Å². The number of ether oxygens (including phenoxy) is 2. The lowest BCUT2D eigenvalue weighted by molar-refractivity contribution is 0.230. The molecule has 0 unspecified atom stereocenters. The molecule has 182 valence electrons. The lowest BCUT2D eigenvalue weighted by Crippen LogP contribution is -2.35. The summed E-state index contributed by atoms with van der Waals surface area (Å²) >= 11 is 5.74. The van der Waals surface area contributed by atoms with Crippen molar-refractivity contribution in [2.24, 2.45) is 11.6 Å². The van der Waals surface area contributed by atoms with Gasteiger partial charge in [-0.2, -0.15) is 0 Å². The first kappa shape index (κ1) is 26.8. The van der Waals surface area contributed by atoms with Gasteiger partial charge in [-0.05, 0) is 55.2 Å². The molecular formula is C26H38ClN3O3. The average Bonchev–Trinajstić information content (AvgIpc) is 2.78. The van der Waals surface area contributed by atoms with Crippen LogP contribution in [-0.4, -0.2) is 42.4 Å². The fourth-order valence-electron chi connectivity index (χ4n) is 3.57. The zero-order valence-corrected chi connectivity index (χ0v) is 21.0. The van der Waals surface area contributed by atoms with Gasteiger partial charge in [-0.15, -0.1) is 11.6 Å². The number of rotatable bonds is 13. The average molecular weight is 476 g/mol. The van der Waals surface area contributed by atoms with Crippen molar-refractivity contribution in [2.75, 3.05) is 32.2 Å². The van der Waals surface area contributed by atoms with E-state index in [9.17, 15) is 5.11 Å². The van der Waals surface area contributed by atoms with Crippen LogP contribution in [0.4, 0.5) is 0 Å². The zero-order valence-electron chi connectivity index (χ0n) is 20.2. The summed E-state index contributed by atoms with van der Waals surface area (Å²) in [7, 11) is 0. The molecule has 5 N–H and O–H groups in total. The Hall–Kier alpha value is -2.41. The molecule has 2 rings (SSSR count). The molecule has 0 aromatic heterocycles. The summed E-state index contributed by atoms with van der Waals surface area (Å²) in [5, 5.41) is 10.8. The summed E-state index contributed by atoms with van der Waals surface area (Å²) in [5.74, 6) is 8.27. The van der Waals surface area contributed by atoms with Crippen molar-refractivity contribution in [3.63, 3.8) is 0 Å². The summed E-state index contributed by atoms with van der Waals surface area (Å²) in [6.45, 7) is 9.73. The monoisotopic (exact) mass is 475 g/mol. The molecule has 0 spiro atoms. The van der Waals surface area contributed by atoms with Gasteiger partial charge in [-0.25, -0.2) is 5.84 Å². The molecule has 0 bridgehead atoms. The maximum atomic E-state index is 9.35. The Kier molecular flexibility index (Phi) is 10.4. The molecule has 2 aromatic carbocycles. The van der Waals surface area contributed by atoms with Crippen molar-refractivity contribution in [3.8, 4) is 11.5 Å². The van der Waals surface area contributed by atoms with Gasteiger partial charge in [0, 0.05) is 30.0 Å². The van der Waals surface area contributed by atoms with E-state index >= 15 is 0 Å². The second-order valence-corrected chi connectivity index (χ2v) is 9.08. The third kappa shape index (κ3) is 7.56. The first-order valence-electron chi connectivity index (χ1n) is 11.3. The molecule has 7 heteroatoms. The maximum absolute atomic E-state index is 9.35. The normalized spacial score (nSPS) is 12.3. The van der Waals surface area contributed by atoms with Crippen molar-refractivity contribution >= 4 is 11.6 Å². The van der Waals surface area contributed by atoms with Crippen molar-refractivity contribution in [1.82, 2.24) is 5.01 Å². The van der Waals surface area contributed by atoms with Crippen LogP contribution < -0.4 is 21.1 Å². The Morgan fingerprint density at radius 2 is 1.67 bits per heavy atom. The summed E-state index contributed by atoms with van der Waals surface area (Å²) < 4.78 is 11.7. The fraction of sp³-hybridized carbons (Fsp3) is 0.462. The Morgan fingerprint density at radius 1 is 1.03 bits per heavy atom. The molecule has 0 saturated heterocycles. The van der Waals surface area contributed by atoms with Crippen LogP contribution in [0, 0.1) is 6.92 Å². The number of hydrogen-bond donors (Lipinski definition) is 3. The molecule has 2 aromatic rings. The predicted molar refractivity (Wildman–Crippen MR) is 136 cm³/mol. The molecule has 0 atom stereocenters. The van der Waals surface area contributed by atoms with Gasteiger partial charge in [0.1, 0.15) is 11.5 Å². The summed E-state index contributed by atoms with van der Waals surface area (Å²) in [6, 6.07) is 14.6. The van der Waals surface area contributed by atoms with Crippen LogP contribution in [0.5, 0.6) is 11.5 Å². The van der Waals surface area contributed by atoms with E-state index in [0.717, 1.165) is 23.5 Å². The maximum Gasteiger partial charge on any atom is 0.122 e. The molecular weight excluding hydrogens is 438 g/mol. The zero-order chi connectivity index (χ0) is 24.4. The van der Waals surface area contributed by atoms with Gasteiger partial charge in [0.05, 0.1) is 25.5 Å². The van der Waals surface area contributed by atoms with Crippen LogP contribution in [-0.2, 0) is 5.41 Å². The second kappa shape index (κ2) is 12.7. The SMILES string of the molecule is C/C(N)=C(\CO)N(N)CCCOc1ccc(C(C)(C)c2ccc(OCCCCl)c(C)c2)cc1. The number of hydrazine groups is 1. The van der Waals surface area contributed by atoms with Gasteiger partial charge >= 0.3 is 0 Å². The number of aryl methyl sites for hydroxylation is 1. The number of allylic oxidation sites excluding steroid dienone is 1. The smallest absolute Gasteiger partial charge is 0.122 e. The molecule has 0 saturated carbocycles. The number of hydrogen-bond acceptors (Lipinski definition) is 6. The molecule has 0 aliphatic rings. The largest absolute Gasteiger partial charge is 0.494 e. The third-order valence-electron chi connectivity index (χ3n) is 5.77. The highest BCUT2D eigenvalue weighted by molar-refractivity contribution is 6.17. The Morgan fingerprint density at radius 3 is 2.24 bits per heavy atom. The van der Waals surface area contributed by atoms with E-state index in [4.69, 9.17) is 32.7 Å². The standard InChI is InChI=1S/C26H38ClN3O3/c1-19-17-22(9-12-25(19)33-15-5-13-27)26(3,4)21-7-10-23(11-8-21)32-16-6-14-30(29)24(18-31)20(2)28/h7-12,17,31H,5-6,13-16,18,28-29H2,1-4H3/b24-20-. The number of benzene rings is 2. The molecule has 0 heterocycles. The van der Waals surface area contributed by atoms with Crippen molar-refractivity contribution in [2.45, 2.75) is 46.0 Å². The minimum absolute atomic E-state index is 0.162. The highest BCUT2D eigenvalue weighted by Gasteiger charge is 2.24. The Bertz CT molecular complexity index is 909. The van der Waals surface area contributed by atoms with Crippen LogP contribution in [0.25, 0.3) is 0 Å². The summed E-state index contributed by atoms with van der Waals surface area (Å²) in [4.78, 5) is 0. The van der Waals surface area contributed by atoms with E-state index in [-0.39, 0.29) is 12.0 Å². The van der Waals surface area contributed by atoms with E-state index < -0.39 is 0 Å². The highest BCUT2D eigenvalue weighted by Crippen LogP contribution is 2.34. The van der Waals surface area contributed by atoms with Gasteiger partial charge in [-0.1, -0.05) is 38.1 Å². The number of halogens is 1. The first-order valence-corrected chi connectivity index (χ1v) is 11.9. The lowest BCUT2D eigenvalue weighted by Gasteiger charge is -2.27. The highest BCUT2D eigenvalue weighted by atomic mass is 35.5. The molecule has 0 aliphatic heterocycles. The molecule has 6 nitrogen and oxygen atoms in total. The van der Waals surface area contributed by atoms with Gasteiger partial charge < -0.3 is 25.3 Å². The molecule has 0 fully saturated rings. The van der Waals surface area contributed by atoms with Crippen LogP contribution >= 0.6 is 11.6 Å². The number of nitrogens with zero attached hydrogens (tertiary/aromatic N) is 1. The Labute approximate surface area is 203 Å². The van der Waals surface area contributed by atoms with E-state index in [1.807, 2.05) is 18.2 Å². The van der Waals surface area contributed by atoms with E-state index in [0.29, 0.717) is 43.5 Å². The minimum Gasteiger partial charge on any atom is -0.494 e. The number of alkyl halides is 1. The summed E-state index contributed by atoms with van der Waals surface area (Å²) in [5.41, 5.74) is 10.2. The Balaban J connectivity index is 1.95. The molecule has 0 radical (unpaired) electrons. The van der Waals surface area contributed by atoms with Crippen molar-refractivity contribution in [3.05, 3.63) is 70.5 Å². The van der Waals surface area contributed by atoms with Gasteiger partial charge in [0.2, 0.25) is 0 Å². The van der Waals surface area contributed by atoms with Gasteiger partial charge in [0.25, 0.3) is 0 Å². The second-order valence-electron chi connectivity index (χ2n) is 8.70. The quantitative estimate of drug-likeness (QED) is 0.171. The third-order valence-corrected chi connectivity index (χ3v) is 6.04. The topological polar surface area (TPSA) is 94.0 Å². The molecule has 33 heavy (non-hydrogen) atoms. The summed E-state index contributed by atoms with van der Waals surface area (Å²) in [6.07, 6.45) is 1.54. The van der Waals surface area contributed by atoms with Crippen molar-refractivity contribution < 1.29 is 14.6 Å². The van der Waals surface area contributed by atoms with E-state index in [1.54, 1.807) is 6.92 Å². The fourth-order valence-corrected chi connectivity index (χ4v) is 3.68. The van der Waals surface area contributed by atoms with Crippen LogP contribution in [0.3, 0.4) is 0 Å². The van der Waals surface area contributed by atoms with Gasteiger partial charge in [0.15, 0.2) is 0 Å². The molecule has 0 aliphatic carbocycles. The predicted octanol–water partition coefficient (Wildman–Crippen LogP) is 4.46. The number of aliphatic hydroxyl groups is 1.